The van der Waals surface area contributed by atoms with Crippen molar-refractivity contribution in [1.29, 1.82) is 0 Å². The van der Waals surface area contributed by atoms with Crippen molar-refractivity contribution in [2.45, 2.75) is 77.5 Å². The summed E-state index contributed by atoms with van der Waals surface area (Å²) in [6.07, 6.45) is 2.79. The van der Waals surface area contributed by atoms with Crippen LogP contribution in [0.3, 0.4) is 0 Å². The van der Waals surface area contributed by atoms with Crippen LogP contribution in [-0.2, 0) is 32.0 Å². The molecule has 3 amide bonds. The van der Waals surface area contributed by atoms with Crippen molar-refractivity contribution in [2.24, 2.45) is 17.6 Å². The van der Waals surface area contributed by atoms with Crippen LogP contribution in [0.1, 0.15) is 51.7 Å². The van der Waals surface area contributed by atoms with Crippen molar-refractivity contribution in [3.8, 4) is 5.75 Å². The van der Waals surface area contributed by atoms with Crippen LogP contribution in [-0.4, -0.2) is 63.1 Å². The number of aromatic nitrogens is 1. The number of nitrogens with one attached hydrogen (secondary N) is 4. The lowest BCUT2D eigenvalue weighted by Crippen LogP contribution is -2.59. The van der Waals surface area contributed by atoms with Gasteiger partial charge in [-0.25, -0.2) is 4.79 Å². The number of H-pyrrole nitrogens is 1. The van der Waals surface area contributed by atoms with Gasteiger partial charge in [0.1, 0.15) is 23.9 Å². The quantitative estimate of drug-likeness (QED) is 0.141. The third kappa shape index (κ3) is 9.31. The van der Waals surface area contributed by atoms with Crippen LogP contribution in [0.5, 0.6) is 5.75 Å². The molecule has 11 heteroatoms. The lowest BCUT2D eigenvalue weighted by Gasteiger charge is -2.28. The molecule has 0 aliphatic rings. The molecule has 3 aromatic rings. The van der Waals surface area contributed by atoms with E-state index in [0.717, 1.165) is 16.5 Å². The summed E-state index contributed by atoms with van der Waals surface area (Å²) in [5.41, 5.74) is 8.34. The Kier molecular flexibility index (Phi) is 11.7. The van der Waals surface area contributed by atoms with E-state index in [0.29, 0.717) is 18.4 Å². The van der Waals surface area contributed by atoms with E-state index in [1.165, 1.54) is 12.1 Å². The van der Waals surface area contributed by atoms with Gasteiger partial charge in [0.05, 0.1) is 6.04 Å². The Bertz CT molecular complexity index is 1400. The minimum Gasteiger partial charge on any atom is -0.508 e. The minimum atomic E-state index is -1.24. The Morgan fingerprint density at radius 2 is 1.51 bits per heavy atom. The zero-order valence-corrected chi connectivity index (χ0v) is 25.1. The second kappa shape index (κ2) is 15.2. The summed E-state index contributed by atoms with van der Waals surface area (Å²) in [6.45, 7) is 7.52. The number of hydrogen-bond acceptors (Lipinski definition) is 6. The number of hydrogen-bond donors (Lipinski definition) is 7. The number of aromatic amines is 1. The van der Waals surface area contributed by atoms with E-state index in [4.69, 9.17) is 5.73 Å². The first-order valence-corrected chi connectivity index (χ1v) is 14.6. The Labute approximate surface area is 251 Å². The van der Waals surface area contributed by atoms with Crippen LogP contribution in [0.2, 0.25) is 0 Å². The topological polar surface area (TPSA) is 187 Å². The summed E-state index contributed by atoms with van der Waals surface area (Å²) in [5.74, 6) is -3.08. The first-order valence-electron chi connectivity index (χ1n) is 14.6. The van der Waals surface area contributed by atoms with Crippen molar-refractivity contribution in [3.05, 3.63) is 65.9 Å². The second-order valence-electron chi connectivity index (χ2n) is 11.5. The Morgan fingerprint density at radius 3 is 2.14 bits per heavy atom. The van der Waals surface area contributed by atoms with E-state index >= 15 is 0 Å². The number of fused-ring (bicyclic) bond motifs is 1. The number of carboxylic acid groups (broad SMARTS) is 1. The van der Waals surface area contributed by atoms with E-state index in [-0.39, 0.29) is 30.4 Å². The molecular formula is C32H43N5O6. The van der Waals surface area contributed by atoms with Gasteiger partial charge in [0.2, 0.25) is 17.7 Å². The highest BCUT2D eigenvalue weighted by molar-refractivity contribution is 5.94. The third-order valence-electron chi connectivity index (χ3n) is 7.58. The predicted octanol–water partition coefficient (Wildman–Crippen LogP) is 2.62. The van der Waals surface area contributed by atoms with Gasteiger partial charge >= 0.3 is 5.97 Å². The van der Waals surface area contributed by atoms with Crippen molar-refractivity contribution >= 4 is 34.6 Å². The average Bonchev–Trinajstić information content (AvgIpc) is 3.37. The number of amides is 3. The second-order valence-corrected chi connectivity index (χ2v) is 11.5. The van der Waals surface area contributed by atoms with E-state index in [1.807, 2.05) is 45.0 Å². The van der Waals surface area contributed by atoms with Gasteiger partial charge in [-0.05, 0) is 47.6 Å². The summed E-state index contributed by atoms with van der Waals surface area (Å²) >= 11 is 0. The van der Waals surface area contributed by atoms with Crippen LogP contribution in [0, 0.1) is 11.8 Å². The molecule has 0 radical (unpaired) electrons. The maximum atomic E-state index is 13.6. The largest absolute Gasteiger partial charge is 0.508 e. The van der Waals surface area contributed by atoms with Crippen LogP contribution in [0.25, 0.3) is 10.9 Å². The molecule has 3 rings (SSSR count). The number of carboxylic acids is 1. The fourth-order valence-corrected chi connectivity index (χ4v) is 4.91. The molecule has 1 heterocycles. The van der Waals surface area contributed by atoms with E-state index in [1.54, 1.807) is 25.3 Å². The third-order valence-corrected chi connectivity index (χ3v) is 7.58. The molecular weight excluding hydrogens is 550 g/mol. The van der Waals surface area contributed by atoms with Crippen LogP contribution >= 0.6 is 0 Å². The number of carbonyl (C=O) groups excluding carboxylic acids is 3. The molecule has 0 spiro atoms. The Balaban J connectivity index is 1.80. The van der Waals surface area contributed by atoms with Gasteiger partial charge in [-0.15, -0.1) is 0 Å². The smallest absolute Gasteiger partial charge is 0.326 e. The van der Waals surface area contributed by atoms with Gasteiger partial charge < -0.3 is 36.9 Å². The van der Waals surface area contributed by atoms with Crippen molar-refractivity contribution in [3.63, 3.8) is 0 Å². The highest BCUT2D eigenvalue weighted by atomic mass is 16.4. The van der Waals surface area contributed by atoms with Gasteiger partial charge in [-0.1, -0.05) is 64.4 Å². The minimum absolute atomic E-state index is 0.0412. The summed E-state index contributed by atoms with van der Waals surface area (Å²) in [5, 5.41) is 28.6. The average molecular weight is 594 g/mol. The van der Waals surface area contributed by atoms with Crippen LogP contribution in [0.15, 0.2) is 54.7 Å². The molecule has 0 aliphatic heterocycles. The number of aliphatic carboxylic acids is 1. The highest BCUT2D eigenvalue weighted by Gasteiger charge is 2.33. The SMILES string of the molecule is CCC(C)C(NC(=O)C(Cc1ccc(O)cc1)NC(=O)C(N)CC(C)C)C(=O)NC(Cc1c[nH]c2ccccc12)C(=O)O. The van der Waals surface area contributed by atoms with Crippen molar-refractivity contribution < 1.29 is 29.4 Å². The van der Waals surface area contributed by atoms with E-state index in [9.17, 15) is 29.4 Å². The van der Waals surface area contributed by atoms with Gasteiger partial charge in [0.15, 0.2) is 0 Å². The van der Waals surface area contributed by atoms with Crippen molar-refractivity contribution in [1.82, 2.24) is 20.9 Å². The van der Waals surface area contributed by atoms with E-state index < -0.39 is 47.9 Å². The zero-order chi connectivity index (χ0) is 31.7. The zero-order valence-electron chi connectivity index (χ0n) is 25.1. The monoisotopic (exact) mass is 593 g/mol. The Morgan fingerprint density at radius 1 is 0.860 bits per heavy atom. The summed E-state index contributed by atoms with van der Waals surface area (Å²) in [6, 6.07) is 9.50. The molecule has 0 aliphatic carbocycles. The first kappa shape index (κ1) is 33.1. The van der Waals surface area contributed by atoms with Crippen LogP contribution in [0.4, 0.5) is 0 Å². The molecule has 232 valence electrons. The number of carbonyl (C=O) groups is 4. The number of rotatable bonds is 15. The fourth-order valence-electron chi connectivity index (χ4n) is 4.91. The normalized spacial score (nSPS) is 14.8. The molecule has 2 aromatic carbocycles. The number of phenols is 1. The van der Waals surface area contributed by atoms with Crippen LogP contribution < -0.4 is 21.7 Å². The van der Waals surface area contributed by atoms with Crippen molar-refractivity contribution in [2.75, 3.05) is 0 Å². The maximum Gasteiger partial charge on any atom is 0.326 e. The van der Waals surface area contributed by atoms with Gasteiger partial charge in [0.25, 0.3) is 0 Å². The number of phenolic OH excluding ortho intramolecular Hbond substituents is 1. The molecule has 0 saturated carbocycles. The highest BCUT2D eigenvalue weighted by Crippen LogP contribution is 2.20. The van der Waals surface area contributed by atoms with Gasteiger partial charge in [0, 0.05) is 29.9 Å². The number of nitrogens with two attached hydrogens (primary N) is 1. The molecule has 43 heavy (non-hydrogen) atoms. The molecule has 11 nitrogen and oxygen atoms in total. The summed E-state index contributed by atoms with van der Waals surface area (Å²) in [4.78, 5) is 55.4. The molecule has 5 atom stereocenters. The number of aromatic hydroxyl groups is 1. The lowest BCUT2D eigenvalue weighted by atomic mass is 9.96. The molecule has 0 fully saturated rings. The lowest BCUT2D eigenvalue weighted by molar-refractivity contribution is -0.142. The maximum absolute atomic E-state index is 13.6. The first-order chi connectivity index (χ1) is 20.4. The van der Waals surface area contributed by atoms with Gasteiger partial charge in [-0.3, -0.25) is 14.4 Å². The predicted molar refractivity (Wildman–Crippen MR) is 164 cm³/mol. The van der Waals surface area contributed by atoms with E-state index in [2.05, 4.69) is 20.9 Å². The summed E-state index contributed by atoms with van der Waals surface area (Å²) in [7, 11) is 0. The molecule has 5 unspecified atom stereocenters. The Hall–Kier alpha value is -4.38. The number of para-hydroxylation sites is 1. The summed E-state index contributed by atoms with van der Waals surface area (Å²) < 4.78 is 0. The molecule has 8 N–H and O–H groups in total. The molecule has 0 saturated heterocycles. The molecule has 1 aromatic heterocycles. The molecule has 0 bridgehead atoms. The van der Waals surface area contributed by atoms with Gasteiger partial charge in [-0.2, -0.15) is 0 Å². The number of benzene rings is 2. The fraction of sp³-hybridized carbons (Fsp3) is 0.438. The standard InChI is InChI=1S/C32H43N5O6/c1-5-19(4)28(31(41)36-27(32(42)43)16-21-17-34-25-9-7-6-8-23(21)25)37-30(40)26(15-20-10-12-22(38)13-11-20)35-29(39)24(33)14-18(2)3/h6-13,17-19,24,26-28,34,38H,5,14-16,33H2,1-4H3,(H,35,39)(H,36,41)(H,37,40)(H,42,43).